The fraction of sp³-hybridized carbons (Fsp3) is 0.235. The second kappa shape index (κ2) is 6.79. The zero-order chi connectivity index (χ0) is 15.2. The molecule has 0 saturated heterocycles. The number of nitrogen functional groups attached to an aromatic ring is 1. The summed E-state index contributed by atoms with van der Waals surface area (Å²) in [5, 5.41) is 3.23. The van der Waals surface area contributed by atoms with Crippen molar-refractivity contribution in [3.63, 3.8) is 0 Å². The van der Waals surface area contributed by atoms with Crippen molar-refractivity contribution in [1.82, 2.24) is 0 Å². The molecular weight excluding hydrogens is 264 g/mol. The Morgan fingerprint density at radius 3 is 2.67 bits per heavy atom. The van der Waals surface area contributed by atoms with Crippen molar-refractivity contribution < 1.29 is 9.53 Å². The Hall–Kier alpha value is -2.49. The van der Waals surface area contributed by atoms with Gasteiger partial charge in [-0.2, -0.15) is 0 Å². The first-order valence-electron chi connectivity index (χ1n) is 7.07. The summed E-state index contributed by atoms with van der Waals surface area (Å²) in [4.78, 5) is 12.0. The second-order valence-corrected chi connectivity index (χ2v) is 4.67. The average Bonchev–Trinajstić information content (AvgIpc) is 2.49. The van der Waals surface area contributed by atoms with Crippen LogP contribution >= 0.6 is 0 Å². The second-order valence-electron chi connectivity index (χ2n) is 4.67. The fourth-order valence-corrected chi connectivity index (χ4v) is 2.10. The number of nitrogens with one attached hydrogen (secondary N) is 1. The van der Waals surface area contributed by atoms with Gasteiger partial charge < -0.3 is 15.8 Å². The van der Waals surface area contributed by atoms with Crippen LogP contribution in [0.1, 0.15) is 29.8 Å². The van der Waals surface area contributed by atoms with Crippen LogP contribution in [0.5, 0.6) is 0 Å². The van der Waals surface area contributed by atoms with Crippen LogP contribution in [-0.2, 0) is 11.2 Å². The van der Waals surface area contributed by atoms with Crippen molar-refractivity contribution in [3.8, 4) is 0 Å². The fourth-order valence-electron chi connectivity index (χ4n) is 2.10. The molecule has 110 valence electrons. The number of rotatable bonds is 5. The van der Waals surface area contributed by atoms with E-state index in [9.17, 15) is 4.79 Å². The molecule has 0 aliphatic rings. The highest BCUT2D eigenvalue weighted by Gasteiger charge is 2.15. The summed E-state index contributed by atoms with van der Waals surface area (Å²) in [6.45, 7) is 4.21. The third kappa shape index (κ3) is 3.54. The van der Waals surface area contributed by atoms with Crippen molar-refractivity contribution in [2.75, 3.05) is 17.7 Å². The third-order valence-corrected chi connectivity index (χ3v) is 3.20. The van der Waals surface area contributed by atoms with Crippen molar-refractivity contribution in [3.05, 3.63) is 53.6 Å². The third-order valence-electron chi connectivity index (χ3n) is 3.20. The van der Waals surface area contributed by atoms with E-state index < -0.39 is 0 Å². The summed E-state index contributed by atoms with van der Waals surface area (Å²) in [7, 11) is 0. The first-order valence-corrected chi connectivity index (χ1v) is 7.07. The molecule has 0 fully saturated rings. The van der Waals surface area contributed by atoms with Crippen LogP contribution in [0.4, 0.5) is 17.1 Å². The lowest BCUT2D eigenvalue weighted by Gasteiger charge is -2.14. The molecule has 2 aromatic rings. The SMILES string of the molecule is CCOC(=O)c1cccc(N)c1Nc1cccc(CC)c1. The smallest absolute Gasteiger partial charge is 0.340 e. The minimum atomic E-state index is -0.376. The molecule has 0 spiro atoms. The number of benzene rings is 2. The van der Waals surface area contributed by atoms with Gasteiger partial charge in [-0.15, -0.1) is 0 Å². The van der Waals surface area contributed by atoms with Crippen molar-refractivity contribution in [2.45, 2.75) is 20.3 Å². The van der Waals surface area contributed by atoms with Crippen LogP contribution in [0.15, 0.2) is 42.5 Å². The van der Waals surface area contributed by atoms with E-state index in [1.807, 2.05) is 18.2 Å². The number of hydrogen-bond acceptors (Lipinski definition) is 4. The van der Waals surface area contributed by atoms with Crippen LogP contribution in [0.3, 0.4) is 0 Å². The summed E-state index contributed by atoms with van der Waals surface area (Å²) in [6, 6.07) is 13.2. The summed E-state index contributed by atoms with van der Waals surface area (Å²) >= 11 is 0. The van der Waals surface area contributed by atoms with Crippen molar-refractivity contribution >= 4 is 23.0 Å². The molecule has 0 aliphatic heterocycles. The first-order chi connectivity index (χ1) is 10.2. The maximum absolute atomic E-state index is 12.0. The van der Waals surface area contributed by atoms with Gasteiger partial charge in [-0.3, -0.25) is 0 Å². The Morgan fingerprint density at radius 1 is 1.19 bits per heavy atom. The maximum Gasteiger partial charge on any atom is 0.340 e. The lowest BCUT2D eigenvalue weighted by molar-refractivity contribution is 0.0527. The largest absolute Gasteiger partial charge is 0.462 e. The minimum Gasteiger partial charge on any atom is -0.462 e. The maximum atomic E-state index is 12.0. The van der Waals surface area contributed by atoms with Crippen LogP contribution in [0.2, 0.25) is 0 Å². The topological polar surface area (TPSA) is 64.3 Å². The highest BCUT2D eigenvalue weighted by atomic mass is 16.5. The van der Waals surface area contributed by atoms with Gasteiger partial charge in [0.1, 0.15) is 0 Å². The minimum absolute atomic E-state index is 0.332. The van der Waals surface area contributed by atoms with Gasteiger partial charge in [-0.05, 0) is 43.2 Å². The van der Waals surface area contributed by atoms with Gasteiger partial charge in [0.25, 0.3) is 0 Å². The number of carbonyl (C=O) groups excluding carboxylic acids is 1. The molecule has 21 heavy (non-hydrogen) atoms. The monoisotopic (exact) mass is 284 g/mol. The van der Waals surface area contributed by atoms with Gasteiger partial charge in [-0.25, -0.2) is 4.79 Å². The molecule has 0 saturated carbocycles. The summed E-state index contributed by atoms with van der Waals surface area (Å²) in [5.41, 5.74) is 9.67. The highest BCUT2D eigenvalue weighted by Crippen LogP contribution is 2.28. The van der Waals surface area contributed by atoms with E-state index in [1.165, 1.54) is 5.56 Å². The number of ether oxygens (including phenoxy) is 1. The van der Waals surface area contributed by atoms with E-state index >= 15 is 0 Å². The van der Waals surface area contributed by atoms with E-state index in [2.05, 4.69) is 18.3 Å². The normalized spacial score (nSPS) is 10.2. The lowest BCUT2D eigenvalue weighted by atomic mass is 10.1. The van der Waals surface area contributed by atoms with Gasteiger partial charge in [0, 0.05) is 5.69 Å². The van der Waals surface area contributed by atoms with E-state index in [-0.39, 0.29) is 5.97 Å². The number of hydrogen-bond donors (Lipinski definition) is 2. The Bertz CT molecular complexity index is 638. The molecule has 3 N–H and O–H groups in total. The van der Waals surface area contributed by atoms with E-state index in [4.69, 9.17) is 10.5 Å². The highest BCUT2D eigenvalue weighted by molar-refractivity contribution is 5.99. The van der Waals surface area contributed by atoms with Gasteiger partial charge in [0.2, 0.25) is 0 Å². The number of anilines is 3. The Labute approximate surface area is 124 Å². The van der Waals surface area contributed by atoms with Gasteiger partial charge >= 0.3 is 5.97 Å². The molecule has 2 rings (SSSR count). The predicted octanol–water partition coefficient (Wildman–Crippen LogP) is 3.75. The van der Waals surface area contributed by atoms with Crippen LogP contribution in [0.25, 0.3) is 0 Å². The quantitative estimate of drug-likeness (QED) is 0.648. The molecule has 4 heteroatoms. The van der Waals surface area contributed by atoms with Gasteiger partial charge in [0.15, 0.2) is 0 Å². The lowest BCUT2D eigenvalue weighted by Crippen LogP contribution is -2.09. The summed E-state index contributed by atoms with van der Waals surface area (Å²) in [6.07, 6.45) is 0.949. The molecule has 0 unspecified atom stereocenters. The predicted molar refractivity (Wildman–Crippen MR) is 85.9 cm³/mol. The number of aryl methyl sites for hydroxylation is 1. The Balaban J connectivity index is 2.36. The molecule has 0 aromatic heterocycles. The van der Waals surface area contributed by atoms with Gasteiger partial charge in [-0.1, -0.05) is 25.1 Å². The Kier molecular flexibility index (Phi) is 4.82. The zero-order valence-electron chi connectivity index (χ0n) is 12.3. The summed E-state index contributed by atoms with van der Waals surface area (Å²) in [5.74, 6) is -0.376. The Morgan fingerprint density at radius 2 is 1.95 bits per heavy atom. The number of nitrogens with two attached hydrogens (primary N) is 1. The van der Waals surface area contributed by atoms with Crippen molar-refractivity contribution in [1.29, 1.82) is 0 Å². The molecule has 0 radical (unpaired) electrons. The molecule has 0 heterocycles. The zero-order valence-corrected chi connectivity index (χ0v) is 12.3. The summed E-state index contributed by atoms with van der Waals surface area (Å²) < 4.78 is 5.07. The number of esters is 1. The van der Waals surface area contributed by atoms with Crippen LogP contribution in [0, 0.1) is 0 Å². The standard InChI is InChI=1S/C17H20N2O2/c1-3-12-7-5-8-13(11-12)19-16-14(17(20)21-4-2)9-6-10-15(16)18/h5-11,19H,3-4,18H2,1-2H3. The number of para-hydroxylation sites is 1. The van der Waals surface area contributed by atoms with E-state index in [0.29, 0.717) is 23.5 Å². The van der Waals surface area contributed by atoms with E-state index in [1.54, 1.807) is 25.1 Å². The van der Waals surface area contributed by atoms with Crippen molar-refractivity contribution in [2.24, 2.45) is 0 Å². The van der Waals surface area contributed by atoms with Gasteiger partial charge in [0.05, 0.1) is 23.5 Å². The molecule has 0 atom stereocenters. The van der Waals surface area contributed by atoms with Crippen LogP contribution < -0.4 is 11.1 Å². The molecule has 0 bridgehead atoms. The molecule has 2 aromatic carbocycles. The molecular formula is C17H20N2O2. The van der Waals surface area contributed by atoms with Crippen LogP contribution in [-0.4, -0.2) is 12.6 Å². The average molecular weight is 284 g/mol. The molecule has 4 nitrogen and oxygen atoms in total. The molecule has 0 aliphatic carbocycles. The number of carbonyl (C=O) groups is 1. The van der Waals surface area contributed by atoms with E-state index in [0.717, 1.165) is 12.1 Å². The molecule has 0 amide bonds. The first kappa shape index (κ1) is 14.9.